The average molecular weight is 461 g/mol. The molecule has 1 nitrogen and oxygen atoms in total. The first-order valence-electron chi connectivity index (χ1n) is 11.7. The second-order valence-corrected chi connectivity index (χ2v) is 8.97. The molecule has 0 N–H and O–H groups in total. The molecule has 170 valence electrons. The topological polar surface area (TPSA) is 9.23 Å². The Balaban J connectivity index is 1.49. The van der Waals surface area contributed by atoms with Gasteiger partial charge in [-0.05, 0) is 71.6 Å². The zero-order valence-corrected chi connectivity index (χ0v) is 19.9. The van der Waals surface area contributed by atoms with Crippen LogP contribution in [0.4, 0.5) is 4.39 Å². The van der Waals surface area contributed by atoms with Gasteiger partial charge in [-0.3, -0.25) is 0 Å². The smallest absolute Gasteiger partial charge is 0.153 e. The molecule has 1 atom stereocenters. The first kappa shape index (κ1) is 23.3. The number of halogens is 2. The number of ether oxygens (including phenoxy) is 1. The standard InChI is InChI=1S/C30H30ClFO/c1-3-5-20-33-28-19-18-27(30(32)29(28)31)26-16-14-25(15-17-26)24-12-10-23(11-13-24)22-8-6-21(4-2)7-9-22/h4,8,10-19,21H,2-3,5-7,9,20H2,1H3. The number of benzene rings is 3. The van der Waals surface area contributed by atoms with Gasteiger partial charge < -0.3 is 4.74 Å². The molecule has 0 saturated heterocycles. The van der Waals surface area contributed by atoms with Crippen LogP contribution in [0.2, 0.25) is 5.02 Å². The van der Waals surface area contributed by atoms with Crippen LogP contribution in [-0.4, -0.2) is 6.61 Å². The highest BCUT2D eigenvalue weighted by Crippen LogP contribution is 2.36. The van der Waals surface area contributed by atoms with E-state index in [-0.39, 0.29) is 5.02 Å². The summed E-state index contributed by atoms with van der Waals surface area (Å²) >= 11 is 6.24. The third kappa shape index (κ3) is 5.39. The van der Waals surface area contributed by atoms with Crippen molar-refractivity contribution >= 4 is 17.2 Å². The van der Waals surface area contributed by atoms with Crippen LogP contribution < -0.4 is 4.74 Å². The minimum absolute atomic E-state index is 0.0414. The number of unbranched alkanes of at least 4 members (excludes halogenated alkanes) is 1. The molecule has 1 aliphatic rings. The first-order chi connectivity index (χ1) is 16.1. The van der Waals surface area contributed by atoms with Gasteiger partial charge in [-0.25, -0.2) is 4.39 Å². The van der Waals surface area contributed by atoms with E-state index < -0.39 is 5.82 Å². The van der Waals surface area contributed by atoms with Crippen molar-refractivity contribution in [3.8, 4) is 28.0 Å². The van der Waals surface area contributed by atoms with Crippen molar-refractivity contribution < 1.29 is 9.13 Å². The van der Waals surface area contributed by atoms with E-state index in [1.807, 2.05) is 24.3 Å². The number of hydrogen-bond acceptors (Lipinski definition) is 1. The van der Waals surface area contributed by atoms with Gasteiger partial charge in [0.25, 0.3) is 0 Å². The highest BCUT2D eigenvalue weighted by Gasteiger charge is 2.15. The maximum Gasteiger partial charge on any atom is 0.153 e. The normalized spacial score (nSPS) is 15.7. The Bertz CT molecular complexity index is 1130. The molecule has 3 aromatic carbocycles. The van der Waals surface area contributed by atoms with Gasteiger partial charge >= 0.3 is 0 Å². The molecule has 1 unspecified atom stereocenters. The minimum atomic E-state index is -0.442. The summed E-state index contributed by atoms with van der Waals surface area (Å²) in [6, 6.07) is 20.1. The molecule has 3 heteroatoms. The van der Waals surface area contributed by atoms with E-state index in [0.717, 1.165) is 42.4 Å². The van der Waals surface area contributed by atoms with Crippen LogP contribution in [0.1, 0.15) is 44.6 Å². The molecular formula is C30H30ClFO. The van der Waals surface area contributed by atoms with Gasteiger partial charge in [0.05, 0.1) is 6.61 Å². The quantitative estimate of drug-likeness (QED) is 0.240. The molecule has 0 fully saturated rings. The summed E-state index contributed by atoms with van der Waals surface area (Å²) in [5, 5.41) is 0.0414. The summed E-state index contributed by atoms with van der Waals surface area (Å²) in [7, 11) is 0. The third-order valence-electron chi connectivity index (χ3n) is 6.37. The summed E-state index contributed by atoms with van der Waals surface area (Å²) in [6.45, 7) is 6.54. The molecule has 33 heavy (non-hydrogen) atoms. The second-order valence-electron chi connectivity index (χ2n) is 8.60. The summed E-state index contributed by atoms with van der Waals surface area (Å²) in [4.78, 5) is 0. The van der Waals surface area contributed by atoms with Crippen LogP contribution in [0.15, 0.2) is 79.4 Å². The van der Waals surface area contributed by atoms with Crippen molar-refractivity contribution in [1.29, 1.82) is 0 Å². The van der Waals surface area contributed by atoms with Crippen molar-refractivity contribution in [3.05, 3.63) is 95.8 Å². The van der Waals surface area contributed by atoms with E-state index in [9.17, 15) is 4.39 Å². The fourth-order valence-electron chi connectivity index (χ4n) is 4.24. The number of rotatable bonds is 8. The maximum atomic E-state index is 14.9. The van der Waals surface area contributed by atoms with Gasteiger partial charge in [-0.1, -0.05) is 85.6 Å². The summed E-state index contributed by atoms with van der Waals surface area (Å²) in [6.07, 6.45) is 9.69. The fourth-order valence-corrected chi connectivity index (χ4v) is 4.46. The van der Waals surface area contributed by atoms with Crippen LogP contribution in [0.25, 0.3) is 27.8 Å². The van der Waals surface area contributed by atoms with E-state index >= 15 is 0 Å². The van der Waals surface area contributed by atoms with Crippen molar-refractivity contribution in [3.63, 3.8) is 0 Å². The zero-order chi connectivity index (χ0) is 23.2. The Hall–Kier alpha value is -2.84. The van der Waals surface area contributed by atoms with Gasteiger partial charge in [0.2, 0.25) is 0 Å². The van der Waals surface area contributed by atoms with Gasteiger partial charge in [-0.2, -0.15) is 0 Å². The summed E-state index contributed by atoms with van der Waals surface area (Å²) in [5.41, 5.74) is 6.22. The lowest BCUT2D eigenvalue weighted by Gasteiger charge is -2.19. The Morgan fingerprint density at radius 1 is 0.970 bits per heavy atom. The van der Waals surface area contributed by atoms with Crippen molar-refractivity contribution in [2.75, 3.05) is 6.61 Å². The first-order valence-corrected chi connectivity index (χ1v) is 12.1. The van der Waals surface area contributed by atoms with Gasteiger partial charge in [0, 0.05) is 5.56 Å². The molecule has 0 saturated carbocycles. The highest BCUT2D eigenvalue weighted by atomic mass is 35.5. The zero-order valence-electron chi connectivity index (χ0n) is 19.1. The SMILES string of the molecule is C=CC1CC=C(c2ccc(-c3ccc(-c4ccc(OCCCC)c(Cl)c4F)cc3)cc2)CC1. The van der Waals surface area contributed by atoms with Crippen molar-refractivity contribution in [2.24, 2.45) is 5.92 Å². The number of allylic oxidation sites excluding steroid dienone is 3. The lowest BCUT2D eigenvalue weighted by molar-refractivity contribution is 0.308. The third-order valence-corrected chi connectivity index (χ3v) is 6.72. The molecule has 0 bridgehead atoms. The number of hydrogen-bond donors (Lipinski definition) is 0. The summed E-state index contributed by atoms with van der Waals surface area (Å²) in [5.74, 6) is 0.564. The molecule has 0 aromatic heterocycles. The Morgan fingerprint density at radius 3 is 2.18 bits per heavy atom. The second kappa shape index (κ2) is 10.9. The average Bonchev–Trinajstić information content (AvgIpc) is 2.87. The van der Waals surface area contributed by atoms with E-state index in [2.05, 4.69) is 49.9 Å². The molecule has 0 heterocycles. The lowest BCUT2D eigenvalue weighted by Crippen LogP contribution is -2.02. The lowest BCUT2D eigenvalue weighted by atomic mass is 9.86. The van der Waals surface area contributed by atoms with Crippen LogP contribution in [-0.2, 0) is 0 Å². The van der Waals surface area contributed by atoms with Gasteiger partial charge in [0.15, 0.2) is 5.82 Å². The molecule has 0 spiro atoms. The predicted molar refractivity (Wildman–Crippen MR) is 138 cm³/mol. The largest absolute Gasteiger partial charge is 0.492 e. The van der Waals surface area contributed by atoms with Crippen molar-refractivity contribution in [1.82, 2.24) is 0 Å². The van der Waals surface area contributed by atoms with E-state index in [1.165, 1.54) is 17.6 Å². The van der Waals surface area contributed by atoms with E-state index in [4.69, 9.17) is 16.3 Å². The van der Waals surface area contributed by atoms with E-state index in [1.54, 1.807) is 12.1 Å². The molecule has 0 aliphatic heterocycles. The Morgan fingerprint density at radius 2 is 1.61 bits per heavy atom. The van der Waals surface area contributed by atoms with Crippen molar-refractivity contribution in [2.45, 2.75) is 39.0 Å². The molecular weight excluding hydrogens is 431 g/mol. The van der Waals surface area contributed by atoms with Crippen LogP contribution in [0.5, 0.6) is 5.75 Å². The molecule has 0 amide bonds. The van der Waals surface area contributed by atoms with Crippen LogP contribution in [0, 0.1) is 11.7 Å². The predicted octanol–water partition coefficient (Wildman–Crippen LogP) is 9.36. The molecule has 3 aromatic rings. The summed E-state index contributed by atoms with van der Waals surface area (Å²) < 4.78 is 20.5. The monoisotopic (exact) mass is 460 g/mol. The fraction of sp³-hybridized carbons (Fsp3) is 0.267. The van der Waals surface area contributed by atoms with Gasteiger partial charge in [0.1, 0.15) is 10.8 Å². The maximum absolute atomic E-state index is 14.9. The van der Waals surface area contributed by atoms with Crippen LogP contribution >= 0.6 is 11.6 Å². The molecule has 4 rings (SSSR count). The van der Waals surface area contributed by atoms with Gasteiger partial charge in [-0.15, -0.1) is 6.58 Å². The Labute approximate surface area is 201 Å². The van der Waals surface area contributed by atoms with E-state index in [0.29, 0.717) is 23.8 Å². The van der Waals surface area contributed by atoms with Crippen LogP contribution in [0.3, 0.4) is 0 Å². The minimum Gasteiger partial charge on any atom is -0.492 e. The Kier molecular flexibility index (Phi) is 7.67. The molecule has 0 radical (unpaired) electrons. The molecule has 1 aliphatic carbocycles. The highest BCUT2D eigenvalue weighted by molar-refractivity contribution is 6.32.